The summed E-state index contributed by atoms with van der Waals surface area (Å²) in [7, 11) is 0. The van der Waals surface area contributed by atoms with Gasteiger partial charge in [-0.1, -0.05) is 30.3 Å². The topological polar surface area (TPSA) is 171 Å². The smallest absolute Gasteiger partial charge is 0.308 e. The van der Waals surface area contributed by atoms with Gasteiger partial charge in [-0.15, -0.1) is 0 Å². The monoisotopic (exact) mass is 805 g/mol. The molecule has 15 nitrogen and oxygen atoms in total. The lowest BCUT2D eigenvalue weighted by Crippen LogP contribution is -2.52. The lowest BCUT2D eigenvalue weighted by Gasteiger charge is -2.44. The zero-order valence-electron chi connectivity index (χ0n) is 34.3. The van der Waals surface area contributed by atoms with Crippen molar-refractivity contribution >= 4 is 29.2 Å². The Kier molecular flexibility index (Phi) is 17.4. The molecule has 2 heterocycles. The molecule has 0 spiro atoms. The number of hydrogen-bond acceptors (Lipinski definition) is 13. The molecule has 2 aliphatic rings. The van der Waals surface area contributed by atoms with Crippen molar-refractivity contribution in [1.29, 1.82) is 0 Å². The highest BCUT2D eigenvalue weighted by atomic mass is 16.6. The van der Waals surface area contributed by atoms with Crippen molar-refractivity contribution in [3.8, 4) is 11.1 Å². The van der Waals surface area contributed by atoms with Gasteiger partial charge in [0.25, 0.3) is 5.91 Å². The number of nitrogens with zero attached hydrogens (tertiary/aromatic N) is 4. The summed E-state index contributed by atoms with van der Waals surface area (Å²) in [4.78, 5) is 50.3. The maximum absolute atomic E-state index is 13.0. The average molecular weight is 806 g/mol. The minimum absolute atomic E-state index is 0.0218. The first kappa shape index (κ1) is 44.6. The van der Waals surface area contributed by atoms with Crippen LogP contribution in [0.5, 0.6) is 0 Å². The number of hydrogen-bond donors (Lipinski definition) is 2. The Hall–Kier alpha value is -4.51. The van der Waals surface area contributed by atoms with Crippen LogP contribution in [-0.4, -0.2) is 124 Å². The largest absolute Gasteiger partial charge is 0.460 e. The summed E-state index contributed by atoms with van der Waals surface area (Å²) in [5.74, 6) is -0.138. The van der Waals surface area contributed by atoms with Crippen LogP contribution in [0, 0.1) is 5.92 Å². The number of carbonyl (C=O) groups is 3. The number of carbonyl (C=O) groups excluding carboxylic acids is 3. The number of amides is 2. The number of anilines is 2. The molecule has 3 aromatic rings. The predicted octanol–water partition coefficient (Wildman–Crippen LogP) is 4.33. The zero-order chi connectivity index (χ0) is 41.3. The van der Waals surface area contributed by atoms with Crippen LogP contribution in [0.2, 0.25) is 0 Å². The third-order valence-electron chi connectivity index (χ3n) is 9.55. The zero-order valence-corrected chi connectivity index (χ0v) is 34.3. The molecule has 316 valence electrons. The van der Waals surface area contributed by atoms with Crippen LogP contribution >= 0.6 is 0 Å². The van der Waals surface area contributed by atoms with Gasteiger partial charge in [-0.05, 0) is 68.4 Å². The van der Waals surface area contributed by atoms with E-state index in [1.807, 2.05) is 62.1 Å². The quantitative estimate of drug-likeness (QED) is 0.0970. The maximum Gasteiger partial charge on any atom is 0.308 e. The molecule has 2 N–H and O–H groups in total. The van der Waals surface area contributed by atoms with E-state index in [-0.39, 0.29) is 43.3 Å². The number of fused-ring (bicyclic) bond motifs is 1. The van der Waals surface area contributed by atoms with E-state index >= 15 is 0 Å². The second-order valence-corrected chi connectivity index (χ2v) is 15.3. The summed E-state index contributed by atoms with van der Waals surface area (Å²) >= 11 is 0. The van der Waals surface area contributed by atoms with Crippen LogP contribution in [0.1, 0.15) is 68.7 Å². The van der Waals surface area contributed by atoms with Crippen molar-refractivity contribution in [2.24, 2.45) is 5.92 Å². The number of rotatable bonds is 24. The van der Waals surface area contributed by atoms with E-state index in [2.05, 4.69) is 26.3 Å². The number of aliphatic hydroxyl groups excluding tert-OH is 1. The van der Waals surface area contributed by atoms with Gasteiger partial charge in [-0.3, -0.25) is 14.4 Å². The van der Waals surface area contributed by atoms with E-state index in [0.29, 0.717) is 85.1 Å². The normalized spacial score (nSPS) is 15.3. The van der Waals surface area contributed by atoms with E-state index in [0.717, 1.165) is 46.5 Å². The fraction of sp³-hybridized carbons (Fsp3) is 0.558. The van der Waals surface area contributed by atoms with Crippen LogP contribution in [0.25, 0.3) is 11.1 Å². The van der Waals surface area contributed by atoms with Crippen LogP contribution in [-0.2, 0) is 51.2 Å². The van der Waals surface area contributed by atoms with Crippen molar-refractivity contribution in [3.05, 3.63) is 71.8 Å². The molecule has 1 aromatic heterocycles. The van der Waals surface area contributed by atoms with Crippen molar-refractivity contribution in [2.75, 3.05) is 89.0 Å². The molecular weight excluding hydrogens is 746 g/mol. The molecule has 1 aliphatic carbocycles. The van der Waals surface area contributed by atoms with Crippen LogP contribution in [0.15, 0.2) is 54.9 Å². The van der Waals surface area contributed by atoms with Gasteiger partial charge in [0.2, 0.25) is 11.7 Å². The number of ether oxygens (including phenoxy) is 6. The molecular formula is C43H59N5O10. The Labute approximate surface area is 341 Å². The minimum Gasteiger partial charge on any atom is -0.460 e. The molecule has 0 saturated heterocycles. The number of aromatic nitrogens is 2. The molecule has 1 saturated carbocycles. The van der Waals surface area contributed by atoms with E-state index in [1.165, 1.54) is 0 Å². The summed E-state index contributed by atoms with van der Waals surface area (Å²) in [6.45, 7) is 12.5. The van der Waals surface area contributed by atoms with Gasteiger partial charge in [-0.25, -0.2) is 9.97 Å². The van der Waals surface area contributed by atoms with Gasteiger partial charge >= 0.3 is 5.97 Å². The van der Waals surface area contributed by atoms with Gasteiger partial charge in [0, 0.05) is 44.5 Å². The number of nitrogens with one attached hydrogen (secondary N) is 1. The molecule has 2 aromatic carbocycles. The molecule has 2 amide bonds. The highest BCUT2D eigenvalue weighted by molar-refractivity contribution is 5.98. The van der Waals surface area contributed by atoms with Crippen LogP contribution in [0.4, 0.5) is 11.4 Å². The first-order chi connectivity index (χ1) is 28.0. The molecule has 1 aliphatic heterocycles. The second-order valence-electron chi connectivity index (χ2n) is 15.3. The Bertz CT molecular complexity index is 1760. The molecule has 1 fully saturated rings. The highest BCUT2D eigenvalue weighted by Crippen LogP contribution is 2.45. The Morgan fingerprint density at radius 3 is 1.93 bits per heavy atom. The van der Waals surface area contributed by atoms with E-state index in [9.17, 15) is 19.5 Å². The van der Waals surface area contributed by atoms with Gasteiger partial charge in [0.15, 0.2) is 0 Å². The Morgan fingerprint density at radius 1 is 0.776 bits per heavy atom. The van der Waals surface area contributed by atoms with E-state index < -0.39 is 11.5 Å². The van der Waals surface area contributed by atoms with Gasteiger partial charge < -0.3 is 48.6 Å². The number of aliphatic hydroxyl groups is 1. The standard InChI is InChI=1S/C43H59N5O10/c1-31(50)48-37-12-11-33(25-38(37)47(29-39(48)32-9-10-32)28-34-7-5-6-8-35(34)30-49)36-26-45-41(46-27-36)42(52)44-14-16-54-18-20-56-22-24-57-23-21-55-19-17-53-15-13-40(51)58-43(2,3)4/h5-8,11-12,25-27,32,39,49H,9-10,13-24,28-30H2,1-4H3,(H,44,52)/t39-/m1/s1. The fourth-order valence-electron chi connectivity index (χ4n) is 6.65. The highest BCUT2D eigenvalue weighted by Gasteiger charge is 2.42. The van der Waals surface area contributed by atoms with E-state index in [4.69, 9.17) is 28.4 Å². The average Bonchev–Trinajstić information content (AvgIpc) is 4.05. The fourth-order valence-corrected chi connectivity index (χ4v) is 6.65. The van der Waals surface area contributed by atoms with Crippen molar-refractivity contribution in [3.63, 3.8) is 0 Å². The lowest BCUT2D eigenvalue weighted by atomic mass is 9.98. The summed E-state index contributed by atoms with van der Waals surface area (Å²) in [6, 6.07) is 14.0. The third kappa shape index (κ3) is 14.1. The summed E-state index contributed by atoms with van der Waals surface area (Å²) in [5, 5.41) is 12.8. The van der Waals surface area contributed by atoms with Crippen LogP contribution in [0.3, 0.4) is 0 Å². The predicted molar refractivity (Wildman–Crippen MR) is 217 cm³/mol. The Balaban J connectivity index is 0.967. The van der Waals surface area contributed by atoms with Crippen molar-refractivity contribution in [2.45, 2.75) is 71.8 Å². The molecule has 5 rings (SSSR count). The lowest BCUT2D eigenvalue weighted by molar-refractivity contribution is -0.156. The van der Waals surface area contributed by atoms with E-state index in [1.54, 1.807) is 19.3 Å². The summed E-state index contributed by atoms with van der Waals surface area (Å²) in [5.41, 5.74) is 4.83. The van der Waals surface area contributed by atoms with Crippen molar-refractivity contribution < 1.29 is 47.9 Å². The summed E-state index contributed by atoms with van der Waals surface area (Å²) in [6.07, 6.45) is 5.69. The van der Waals surface area contributed by atoms with Crippen molar-refractivity contribution in [1.82, 2.24) is 15.3 Å². The minimum atomic E-state index is -0.494. The van der Waals surface area contributed by atoms with Gasteiger partial charge in [0.05, 0.1) is 96.5 Å². The second kappa shape index (κ2) is 22.6. The molecule has 1 atom stereocenters. The first-order valence-electron chi connectivity index (χ1n) is 20.1. The number of esters is 1. The third-order valence-corrected chi connectivity index (χ3v) is 9.55. The SMILES string of the molecule is CC(=O)N1c2ccc(-c3cnc(C(=O)NCCOCCOCCOCCOCCOCCC(=O)OC(C)(C)C)nc3)cc2N(Cc2ccccc2CO)C[C@@H]1C1CC1. The maximum atomic E-state index is 13.0. The summed E-state index contributed by atoms with van der Waals surface area (Å²) < 4.78 is 32.6. The molecule has 58 heavy (non-hydrogen) atoms. The molecule has 0 bridgehead atoms. The molecule has 15 heteroatoms. The first-order valence-corrected chi connectivity index (χ1v) is 20.1. The Morgan fingerprint density at radius 2 is 1.36 bits per heavy atom. The number of benzene rings is 2. The van der Waals surface area contributed by atoms with Gasteiger partial charge in [0.1, 0.15) is 5.60 Å². The molecule has 0 unspecified atom stereocenters. The van der Waals surface area contributed by atoms with Crippen LogP contribution < -0.4 is 15.1 Å². The molecule has 0 radical (unpaired) electrons. The van der Waals surface area contributed by atoms with Gasteiger partial charge in [-0.2, -0.15) is 0 Å².